The normalized spacial score (nSPS) is 11.8. The zero-order chi connectivity index (χ0) is 49.5. The molecule has 0 atom stereocenters. The quantitative estimate of drug-likeness (QED) is 0.0199. The lowest BCUT2D eigenvalue weighted by atomic mass is 10.1. The molecule has 0 fully saturated rings. The first-order valence-electron chi connectivity index (χ1n) is 29.6. The number of hydrogen-bond donors (Lipinski definition) is 0. The second kappa shape index (κ2) is 56.8. The second-order valence-corrected chi connectivity index (χ2v) is 20.5. The Bertz CT molecular complexity index is 1050. The summed E-state index contributed by atoms with van der Waals surface area (Å²) in [5.41, 5.74) is 0. The fraction of sp³-hybridized carbons (Fsp3) is 0.852. The number of rotatable bonds is 54. The van der Waals surface area contributed by atoms with E-state index in [1.54, 1.807) is 0 Å². The van der Waals surface area contributed by atoms with E-state index in [1.807, 2.05) is 0 Å². The van der Waals surface area contributed by atoms with Crippen LogP contribution in [0.5, 0.6) is 0 Å². The number of likely N-dealkylation sites (N-methyl/N-ethyl adjacent to an activating group) is 1. The van der Waals surface area contributed by atoms with Gasteiger partial charge in [-0.1, -0.05) is 211 Å². The largest absolute Gasteiger partial charge is 1.00 e. The molecule has 0 aliphatic carbocycles. The molecule has 0 aliphatic rings. The molecule has 0 amide bonds. The topological polar surface area (TPSA) is 78.9 Å². The SMILES string of the molecule is CCCCCCCC/C=C\CCCCCCCC(=O)OCC[N+](C)(CCOC(=O)CCCCCCC/C=C\CCCCCCCC)CCOC(=O)CCCCCCC/C=C\CCCCCCCC.[Cl-]. The van der Waals surface area contributed by atoms with Gasteiger partial charge in [0, 0.05) is 19.3 Å². The van der Waals surface area contributed by atoms with Crippen molar-refractivity contribution >= 4 is 17.9 Å². The van der Waals surface area contributed by atoms with Crippen molar-refractivity contribution in [2.24, 2.45) is 0 Å². The summed E-state index contributed by atoms with van der Waals surface area (Å²) in [6.45, 7) is 9.43. The van der Waals surface area contributed by atoms with Gasteiger partial charge in [-0.05, 0) is 96.3 Å². The first-order chi connectivity index (χ1) is 33.4. The highest BCUT2D eigenvalue weighted by Gasteiger charge is 2.24. The first-order valence-corrected chi connectivity index (χ1v) is 29.6. The molecular weight excluding hydrogens is 878 g/mol. The summed E-state index contributed by atoms with van der Waals surface area (Å²) >= 11 is 0. The average Bonchev–Trinajstić information content (AvgIpc) is 3.32. The van der Waals surface area contributed by atoms with Crippen LogP contribution in [0.2, 0.25) is 0 Å². The van der Waals surface area contributed by atoms with Crippen LogP contribution in [0.25, 0.3) is 0 Å². The van der Waals surface area contributed by atoms with Crippen LogP contribution in [0.4, 0.5) is 0 Å². The smallest absolute Gasteiger partial charge is 0.305 e. The Kier molecular flexibility index (Phi) is 56.8. The Morgan fingerprint density at radius 3 is 0.710 bits per heavy atom. The van der Waals surface area contributed by atoms with E-state index in [2.05, 4.69) is 64.3 Å². The van der Waals surface area contributed by atoms with Crippen molar-refractivity contribution in [3.05, 3.63) is 36.5 Å². The lowest BCUT2D eigenvalue weighted by molar-refractivity contribution is -0.910. The predicted octanol–water partition coefficient (Wildman–Crippen LogP) is 15.2. The van der Waals surface area contributed by atoms with Crippen LogP contribution in [-0.2, 0) is 28.6 Å². The van der Waals surface area contributed by atoms with Gasteiger partial charge in [0.25, 0.3) is 0 Å². The second-order valence-electron chi connectivity index (χ2n) is 20.5. The van der Waals surface area contributed by atoms with Gasteiger partial charge in [0.15, 0.2) is 0 Å². The minimum atomic E-state index is -0.146. The van der Waals surface area contributed by atoms with Gasteiger partial charge in [-0.3, -0.25) is 14.4 Å². The number of halogens is 1. The maximum Gasteiger partial charge on any atom is 0.305 e. The summed E-state index contributed by atoms with van der Waals surface area (Å²) in [4.78, 5) is 37.9. The number of unbranched alkanes of at least 4 members (excludes halogenated alkanes) is 33. The third kappa shape index (κ3) is 55.1. The molecule has 7 nitrogen and oxygen atoms in total. The molecule has 0 aromatic carbocycles. The standard InChI is InChI=1S/C61H114NO6.ClH/c1-5-8-11-14-17-20-23-26-29-32-35-38-41-44-47-50-59(63)66-56-53-62(4,54-57-67-60(64)51-48-45-42-39-36-33-30-27-24-21-18-15-12-9-6-2)55-58-68-61(65)52-49-46-43-40-37-34-31-28-25-22-19-16-13-10-7-3;/h26-31H,5-25,32-58H2,1-4H3;1H/q+1;/p-1/b29-26-,30-27-,31-28-;. The molecule has 0 rings (SSSR count). The van der Waals surface area contributed by atoms with E-state index in [1.165, 1.54) is 173 Å². The van der Waals surface area contributed by atoms with Gasteiger partial charge in [0.05, 0.1) is 7.05 Å². The van der Waals surface area contributed by atoms with Gasteiger partial charge < -0.3 is 31.1 Å². The third-order valence-electron chi connectivity index (χ3n) is 13.6. The summed E-state index contributed by atoms with van der Waals surface area (Å²) < 4.78 is 17.6. The van der Waals surface area contributed by atoms with Gasteiger partial charge in [-0.15, -0.1) is 0 Å². The lowest BCUT2D eigenvalue weighted by Gasteiger charge is -2.34. The highest BCUT2D eigenvalue weighted by molar-refractivity contribution is 5.69. The monoisotopic (exact) mass is 992 g/mol. The first kappa shape index (κ1) is 69.0. The van der Waals surface area contributed by atoms with Crippen molar-refractivity contribution in [3.8, 4) is 0 Å². The summed E-state index contributed by atoms with van der Waals surface area (Å²) in [6, 6.07) is 0. The molecule has 0 heterocycles. The van der Waals surface area contributed by atoms with Crippen molar-refractivity contribution in [1.82, 2.24) is 0 Å². The summed E-state index contributed by atoms with van der Waals surface area (Å²) in [6.07, 6.45) is 63.4. The molecule has 0 aromatic heterocycles. The molecule has 0 spiro atoms. The number of ether oxygens (including phenoxy) is 3. The number of quaternary nitrogens is 1. The molecule has 0 aromatic rings. The van der Waals surface area contributed by atoms with E-state index in [0.29, 0.717) is 63.2 Å². The molecule has 406 valence electrons. The Morgan fingerprint density at radius 2 is 0.493 bits per heavy atom. The minimum absolute atomic E-state index is 0. The molecule has 0 bridgehead atoms. The number of allylic oxidation sites excluding steroid dienone is 6. The Balaban J connectivity index is 0. The minimum Gasteiger partial charge on any atom is -1.00 e. The fourth-order valence-electron chi connectivity index (χ4n) is 8.71. The van der Waals surface area contributed by atoms with Crippen LogP contribution >= 0.6 is 0 Å². The number of carbonyl (C=O) groups excluding carboxylic acids is 3. The lowest BCUT2D eigenvalue weighted by Crippen LogP contribution is -3.00. The highest BCUT2D eigenvalue weighted by Crippen LogP contribution is 2.15. The fourth-order valence-corrected chi connectivity index (χ4v) is 8.71. The number of esters is 3. The van der Waals surface area contributed by atoms with Gasteiger partial charge in [0.1, 0.15) is 39.5 Å². The van der Waals surface area contributed by atoms with Crippen molar-refractivity contribution in [2.75, 3.05) is 46.5 Å². The van der Waals surface area contributed by atoms with Crippen molar-refractivity contribution in [2.45, 2.75) is 290 Å². The molecule has 0 aliphatic heterocycles. The van der Waals surface area contributed by atoms with Gasteiger partial charge >= 0.3 is 17.9 Å². The zero-order valence-corrected chi connectivity index (χ0v) is 46.9. The van der Waals surface area contributed by atoms with Crippen LogP contribution in [0.15, 0.2) is 36.5 Å². The van der Waals surface area contributed by atoms with Crippen LogP contribution in [0.1, 0.15) is 290 Å². The van der Waals surface area contributed by atoms with Gasteiger partial charge in [-0.2, -0.15) is 0 Å². The summed E-state index contributed by atoms with van der Waals surface area (Å²) in [7, 11) is 2.08. The molecule has 0 radical (unpaired) electrons. The number of nitrogens with zero attached hydrogens (tertiary/aromatic N) is 1. The predicted molar refractivity (Wildman–Crippen MR) is 292 cm³/mol. The average molecular weight is 993 g/mol. The Hall–Kier alpha value is -2.12. The molecule has 0 saturated heterocycles. The summed E-state index contributed by atoms with van der Waals surface area (Å²) in [5.74, 6) is -0.439. The van der Waals surface area contributed by atoms with E-state index in [0.717, 1.165) is 77.0 Å². The summed E-state index contributed by atoms with van der Waals surface area (Å²) in [5, 5.41) is 0. The Labute approximate surface area is 435 Å². The van der Waals surface area contributed by atoms with Crippen molar-refractivity contribution in [3.63, 3.8) is 0 Å². The Morgan fingerprint density at radius 1 is 0.304 bits per heavy atom. The number of hydrogen-bond acceptors (Lipinski definition) is 6. The van der Waals surface area contributed by atoms with E-state index in [9.17, 15) is 14.4 Å². The molecule has 0 saturated carbocycles. The van der Waals surface area contributed by atoms with Crippen LogP contribution < -0.4 is 12.4 Å². The molecule has 69 heavy (non-hydrogen) atoms. The van der Waals surface area contributed by atoms with E-state index >= 15 is 0 Å². The van der Waals surface area contributed by atoms with Crippen molar-refractivity contribution in [1.29, 1.82) is 0 Å². The maximum atomic E-state index is 12.6. The molecule has 0 unspecified atom stereocenters. The maximum absolute atomic E-state index is 12.6. The third-order valence-corrected chi connectivity index (χ3v) is 13.6. The van der Waals surface area contributed by atoms with Crippen molar-refractivity contribution < 1.29 is 45.5 Å². The van der Waals surface area contributed by atoms with Crippen LogP contribution in [0, 0.1) is 0 Å². The van der Waals surface area contributed by atoms with E-state index in [4.69, 9.17) is 14.2 Å². The highest BCUT2D eigenvalue weighted by atomic mass is 35.5. The molecular formula is C61H114ClNO6. The number of carbonyl (C=O) groups is 3. The van der Waals surface area contributed by atoms with E-state index < -0.39 is 0 Å². The van der Waals surface area contributed by atoms with Gasteiger partial charge in [-0.25, -0.2) is 0 Å². The zero-order valence-electron chi connectivity index (χ0n) is 46.2. The molecule has 0 N–H and O–H groups in total. The molecule has 8 heteroatoms. The van der Waals surface area contributed by atoms with Crippen LogP contribution in [-0.4, -0.2) is 68.9 Å². The van der Waals surface area contributed by atoms with Crippen LogP contribution in [0.3, 0.4) is 0 Å². The van der Waals surface area contributed by atoms with E-state index in [-0.39, 0.29) is 30.3 Å². The van der Waals surface area contributed by atoms with Gasteiger partial charge in [0.2, 0.25) is 0 Å².